The molecule has 0 spiro atoms. The number of carbonyl (C=O) groups excluding carboxylic acids is 1. The third-order valence-electron chi connectivity index (χ3n) is 4.13. The molecule has 4 rings (SSSR count). The van der Waals surface area contributed by atoms with Crippen LogP contribution in [0.25, 0.3) is 17.4 Å². The van der Waals surface area contributed by atoms with Gasteiger partial charge in [0.15, 0.2) is 4.32 Å². The van der Waals surface area contributed by atoms with Gasteiger partial charge in [-0.25, -0.2) is 0 Å². The molecule has 1 amide bonds. The largest absolute Gasteiger partial charge is 0.457 e. The van der Waals surface area contributed by atoms with Gasteiger partial charge in [-0.15, -0.1) is 0 Å². The fraction of sp³-hybridized carbons (Fsp3) is 0. The SMILES string of the molecule is O=C1/C(=C\c2ccc(-c3ccccc3Cl)o2)SC(=S)N1c1cccc([N+](=O)[O-])c1. The molecular formula is C20H11ClN2O4S2. The van der Waals surface area contributed by atoms with Crippen LogP contribution in [0.15, 0.2) is 70.0 Å². The van der Waals surface area contributed by atoms with Crippen molar-refractivity contribution in [2.75, 3.05) is 4.90 Å². The number of thioether (sulfide) groups is 1. The molecule has 0 bridgehead atoms. The molecule has 0 aliphatic carbocycles. The number of benzene rings is 2. The quantitative estimate of drug-likeness (QED) is 0.216. The molecule has 1 aliphatic heterocycles. The van der Waals surface area contributed by atoms with Crippen LogP contribution in [-0.4, -0.2) is 15.2 Å². The predicted molar refractivity (Wildman–Crippen MR) is 118 cm³/mol. The molecule has 6 nitrogen and oxygen atoms in total. The molecule has 0 saturated carbocycles. The van der Waals surface area contributed by atoms with Crippen LogP contribution >= 0.6 is 35.6 Å². The first-order valence-electron chi connectivity index (χ1n) is 8.31. The maximum absolute atomic E-state index is 12.8. The number of carbonyl (C=O) groups is 1. The molecule has 1 fully saturated rings. The van der Waals surface area contributed by atoms with Crippen molar-refractivity contribution in [2.45, 2.75) is 0 Å². The van der Waals surface area contributed by atoms with Gasteiger partial charge in [-0.3, -0.25) is 19.8 Å². The molecule has 2 heterocycles. The Morgan fingerprint density at radius 1 is 1.14 bits per heavy atom. The Balaban J connectivity index is 1.63. The summed E-state index contributed by atoms with van der Waals surface area (Å²) in [5.74, 6) is 0.687. The van der Waals surface area contributed by atoms with Crippen LogP contribution in [0, 0.1) is 10.1 Å². The first kappa shape index (κ1) is 19.4. The predicted octanol–water partition coefficient (Wildman–Crippen LogP) is 5.91. The lowest BCUT2D eigenvalue weighted by molar-refractivity contribution is -0.384. The standard InChI is InChI=1S/C20H11ClN2O4S2/c21-16-7-2-1-6-15(16)17-9-8-14(27-17)11-18-19(24)22(20(28)29-18)12-4-3-5-13(10-12)23(25)26/h1-11H/b18-11+. The van der Waals surface area contributed by atoms with Crippen LogP contribution in [0.2, 0.25) is 5.02 Å². The summed E-state index contributed by atoms with van der Waals surface area (Å²) in [6, 6.07) is 16.6. The highest BCUT2D eigenvalue weighted by molar-refractivity contribution is 8.27. The monoisotopic (exact) mass is 442 g/mol. The van der Waals surface area contributed by atoms with E-state index in [0.717, 1.165) is 17.3 Å². The molecule has 0 atom stereocenters. The lowest BCUT2D eigenvalue weighted by Crippen LogP contribution is -2.27. The Morgan fingerprint density at radius 2 is 1.93 bits per heavy atom. The van der Waals surface area contributed by atoms with E-state index in [2.05, 4.69) is 0 Å². The molecule has 0 N–H and O–H groups in total. The summed E-state index contributed by atoms with van der Waals surface area (Å²) < 4.78 is 6.10. The number of furan rings is 1. The Hall–Kier alpha value is -2.94. The minimum atomic E-state index is -0.518. The number of nitro groups is 1. The van der Waals surface area contributed by atoms with E-state index in [9.17, 15) is 14.9 Å². The van der Waals surface area contributed by atoms with Gasteiger partial charge in [0.05, 0.1) is 20.5 Å². The highest BCUT2D eigenvalue weighted by atomic mass is 35.5. The summed E-state index contributed by atoms with van der Waals surface area (Å²) in [6.45, 7) is 0. The van der Waals surface area contributed by atoms with Crippen LogP contribution in [0.3, 0.4) is 0 Å². The van der Waals surface area contributed by atoms with Gasteiger partial charge in [-0.05, 0) is 30.3 Å². The molecule has 1 aromatic heterocycles. The van der Waals surface area contributed by atoms with E-state index in [1.807, 2.05) is 18.2 Å². The zero-order valence-corrected chi connectivity index (χ0v) is 17.0. The molecule has 29 heavy (non-hydrogen) atoms. The van der Waals surface area contributed by atoms with Crippen molar-refractivity contribution >= 4 is 63.3 Å². The molecule has 0 radical (unpaired) electrons. The number of rotatable bonds is 4. The average Bonchev–Trinajstić information content (AvgIpc) is 3.27. The van der Waals surface area contributed by atoms with Gasteiger partial charge in [0.2, 0.25) is 0 Å². The van der Waals surface area contributed by atoms with E-state index in [4.69, 9.17) is 28.2 Å². The molecule has 1 aliphatic rings. The van der Waals surface area contributed by atoms with E-state index < -0.39 is 4.92 Å². The number of thiocarbonyl (C=S) groups is 1. The van der Waals surface area contributed by atoms with Crippen molar-refractivity contribution < 1.29 is 14.1 Å². The minimum absolute atomic E-state index is 0.115. The Bertz CT molecular complexity index is 1190. The summed E-state index contributed by atoms with van der Waals surface area (Å²) in [5, 5.41) is 11.6. The van der Waals surface area contributed by atoms with Crippen LogP contribution in [0.5, 0.6) is 0 Å². The first-order chi connectivity index (χ1) is 13.9. The normalized spacial score (nSPS) is 15.3. The van der Waals surface area contributed by atoms with E-state index >= 15 is 0 Å². The number of amides is 1. The molecular weight excluding hydrogens is 432 g/mol. The van der Waals surface area contributed by atoms with Gasteiger partial charge in [-0.1, -0.05) is 53.8 Å². The first-order valence-corrected chi connectivity index (χ1v) is 9.91. The van der Waals surface area contributed by atoms with Crippen LogP contribution in [-0.2, 0) is 4.79 Å². The Kier molecular flexibility index (Phi) is 5.23. The third-order valence-corrected chi connectivity index (χ3v) is 5.76. The number of hydrogen-bond acceptors (Lipinski definition) is 6. The molecule has 2 aromatic carbocycles. The maximum atomic E-state index is 12.8. The molecule has 3 aromatic rings. The Morgan fingerprint density at radius 3 is 2.69 bits per heavy atom. The maximum Gasteiger partial charge on any atom is 0.271 e. The summed E-state index contributed by atoms with van der Waals surface area (Å²) in [5.41, 5.74) is 0.982. The van der Waals surface area contributed by atoms with Crippen molar-refractivity contribution in [3.63, 3.8) is 0 Å². The van der Waals surface area contributed by atoms with Crippen molar-refractivity contribution in [3.05, 3.63) is 86.5 Å². The topological polar surface area (TPSA) is 76.6 Å². The van der Waals surface area contributed by atoms with Gasteiger partial charge in [-0.2, -0.15) is 0 Å². The van der Waals surface area contributed by atoms with Gasteiger partial charge in [0, 0.05) is 23.8 Å². The van der Waals surface area contributed by atoms with E-state index in [-0.39, 0.29) is 11.6 Å². The smallest absolute Gasteiger partial charge is 0.271 e. The van der Waals surface area contributed by atoms with Crippen molar-refractivity contribution in [3.8, 4) is 11.3 Å². The van der Waals surface area contributed by atoms with E-state index in [0.29, 0.717) is 31.5 Å². The van der Waals surface area contributed by atoms with Gasteiger partial charge < -0.3 is 4.42 Å². The van der Waals surface area contributed by atoms with Crippen LogP contribution < -0.4 is 4.90 Å². The fourth-order valence-electron chi connectivity index (χ4n) is 2.80. The number of halogens is 1. The number of anilines is 1. The van der Waals surface area contributed by atoms with Gasteiger partial charge in [0.1, 0.15) is 11.5 Å². The number of hydrogen-bond donors (Lipinski definition) is 0. The van der Waals surface area contributed by atoms with Crippen molar-refractivity contribution in [1.82, 2.24) is 0 Å². The van der Waals surface area contributed by atoms with E-state index in [1.54, 1.807) is 30.3 Å². The van der Waals surface area contributed by atoms with Gasteiger partial charge in [0.25, 0.3) is 11.6 Å². The van der Waals surface area contributed by atoms with Crippen molar-refractivity contribution in [1.29, 1.82) is 0 Å². The Labute approximate surface area is 179 Å². The zero-order chi connectivity index (χ0) is 20.5. The van der Waals surface area contributed by atoms with E-state index in [1.165, 1.54) is 23.1 Å². The third kappa shape index (κ3) is 3.82. The summed E-state index contributed by atoms with van der Waals surface area (Å²) in [7, 11) is 0. The summed E-state index contributed by atoms with van der Waals surface area (Å²) in [6.07, 6.45) is 1.59. The van der Waals surface area contributed by atoms with Crippen molar-refractivity contribution in [2.24, 2.45) is 0 Å². The van der Waals surface area contributed by atoms with Crippen LogP contribution in [0.4, 0.5) is 11.4 Å². The number of nitro benzene ring substituents is 1. The average molecular weight is 443 g/mol. The van der Waals surface area contributed by atoms with Crippen LogP contribution in [0.1, 0.15) is 5.76 Å². The second kappa shape index (κ2) is 7.82. The zero-order valence-electron chi connectivity index (χ0n) is 14.6. The second-order valence-electron chi connectivity index (χ2n) is 5.98. The van der Waals surface area contributed by atoms with Gasteiger partial charge >= 0.3 is 0 Å². The lowest BCUT2D eigenvalue weighted by Gasteiger charge is -2.13. The highest BCUT2D eigenvalue weighted by Crippen LogP contribution is 2.38. The molecule has 0 unspecified atom stereocenters. The molecule has 144 valence electrons. The fourth-order valence-corrected chi connectivity index (χ4v) is 4.31. The number of non-ortho nitro benzene ring substituents is 1. The second-order valence-corrected chi connectivity index (χ2v) is 8.06. The molecule has 1 saturated heterocycles. The summed E-state index contributed by atoms with van der Waals surface area (Å²) in [4.78, 5) is 25.0. The minimum Gasteiger partial charge on any atom is -0.457 e. The number of nitrogens with zero attached hydrogens (tertiary/aromatic N) is 2. The summed E-state index contributed by atoms with van der Waals surface area (Å²) >= 11 is 12.6. The lowest BCUT2D eigenvalue weighted by atomic mass is 10.2. The highest BCUT2D eigenvalue weighted by Gasteiger charge is 2.34. The molecule has 9 heteroatoms.